The van der Waals surface area contributed by atoms with E-state index in [1.807, 2.05) is 22.9 Å². The maximum Gasteiger partial charge on any atom is 0.142 e. The highest BCUT2D eigenvalue weighted by Gasteiger charge is 2.02. The van der Waals surface area contributed by atoms with Gasteiger partial charge in [-0.3, -0.25) is 0 Å². The molecule has 0 fully saturated rings. The van der Waals surface area contributed by atoms with Crippen molar-refractivity contribution in [1.29, 1.82) is 0 Å². The SMILES string of the molecule is COc1ccc(OCCCn2ccnc2)c(N)c1. The highest BCUT2D eigenvalue weighted by molar-refractivity contribution is 5.56. The zero-order valence-electron chi connectivity index (χ0n) is 10.4. The van der Waals surface area contributed by atoms with Gasteiger partial charge in [0, 0.05) is 25.0 Å². The summed E-state index contributed by atoms with van der Waals surface area (Å²) in [5.41, 5.74) is 6.45. The van der Waals surface area contributed by atoms with E-state index in [1.165, 1.54) is 0 Å². The van der Waals surface area contributed by atoms with E-state index < -0.39 is 0 Å². The third-order valence-corrected chi connectivity index (χ3v) is 2.59. The Labute approximate surface area is 106 Å². The van der Waals surface area contributed by atoms with Crippen LogP contribution in [-0.4, -0.2) is 23.3 Å². The number of nitrogens with two attached hydrogens (primary N) is 1. The van der Waals surface area contributed by atoms with E-state index in [0.717, 1.165) is 18.7 Å². The van der Waals surface area contributed by atoms with Crippen LogP contribution in [0.25, 0.3) is 0 Å². The maximum absolute atomic E-state index is 5.85. The van der Waals surface area contributed by atoms with E-state index in [2.05, 4.69) is 4.98 Å². The molecular formula is C13H17N3O2. The summed E-state index contributed by atoms with van der Waals surface area (Å²) in [4.78, 5) is 3.98. The van der Waals surface area contributed by atoms with Gasteiger partial charge in [0.2, 0.25) is 0 Å². The Morgan fingerprint density at radius 2 is 2.28 bits per heavy atom. The molecule has 5 heteroatoms. The van der Waals surface area contributed by atoms with Crippen molar-refractivity contribution in [3.63, 3.8) is 0 Å². The van der Waals surface area contributed by atoms with Crippen molar-refractivity contribution >= 4 is 5.69 Å². The highest BCUT2D eigenvalue weighted by Crippen LogP contribution is 2.26. The molecule has 1 heterocycles. The topological polar surface area (TPSA) is 62.3 Å². The second kappa shape index (κ2) is 5.95. The number of ether oxygens (including phenoxy) is 2. The first-order valence-electron chi connectivity index (χ1n) is 5.81. The van der Waals surface area contributed by atoms with Gasteiger partial charge >= 0.3 is 0 Å². The van der Waals surface area contributed by atoms with Crippen LogP contribution in [0.2, 0.25) is 0 Å². The molecule has 0 saturated heterocycles. The predicted octanol–water partition coefficient (Wildman–Crippen LogP) is 1.94. The molecule has 0 bridgehead atoms. The van der Waals surface area contributed by atoms with Crippen LogP contribution in [0.3, 0.4) is 0 Å². The van der Waals surface area contributed by atoms with Crippen LogP contribution in [0.5, 0.6) is 11.5 Å². The average molecular weight is 247 g/mol. The highest BCUT2D eigenvalue weighted by atomic mass is 16.5. The van der Waals surface area contributed by atoms with Gasteiger partial charge in [0.05, 0.1) is 25.7 Å². The second-order valence-corrected chi connectivity index (χ2v) is 3.91. The number of hydrogen-bond acceptors (Lipinski definition) is 4. The Morgan fingerprint density at radius 1 is 1.39 bits per heavy atom. The smallest absolute Gasteiger partial charge is 0.142 e. The van der Waals surface area contributed by atoms with Crippen LogP contribution >= 0.6 is 0 Å². The Morgan fingerprint density at radius 3 is 2.94 bits per heavy atom. The van der Waals surface area contributed by atoms with Gasteiger partial charge in [0.25, 0.3) is 0 Å². The monoisotopic (exact) mass is 247 g/mol. The van der Waals surface area contributed by atoms with Crippen molar-refractivity contribution in [3.8, 4) is 11.5 Å². The zero-order chi connectivity index (χ0) is 12.8. The maximum atomic E-state index is 5.85. The summed E-state index contributed by atoms with van der Waals surface area (Å²) >= 11 is 0. The fraction of sp³-hybridized carbons (Fsp3) is 0.308. The van der Waals surface area contributed by atoms with E-state index in [0.29, 0.717) is 18.0 Å². The summed E-state index contributed by atoms with van der Waals surface area (Å²) in [6.45, 7) is 1.50. The molecule has 0 amide bonds. The van der Waals surface area contributed by atoms with Gasteiger partial charge in [0.15, 0.2) is 0 Å². The van der Waals surface area contributed by atoms with E-state index in [9.17, 15) is 0 Å². The Bertz CT molecular complexity index is 483. The normalized spacial score (nSPS) is 10.3. The van der Waals surface area contributed by atoms with Gasteiger partial charge in [-0.2, -0.15) is 0 Å². The van der Waals surface area contributed by atoms with Crippen molar-refractivity contribution in [1.82, 2.24) is 9.55 Å². The van der Waals surface area contributed by atoms with Gasteiger partial charge in [-0.05, 0) is 18.6 Å². The van der Waals surface area contributed by atoms with Crippen LogP contribution < -0.4 is 15.2 Å². The lowest BCUT2D eigenvalue weighted by atomic mass is 10.3. The van der Waals surface area contributed by atoms with Crippen molar-refractivity contribution in [3.05, 3.63) is 36.9 Å². The Kier molecular flexibility index (Phi) is 4.06. The summed E-state index contributed by atoms with van der Waals surface area (Å²) < 4.78 is 12.7. The number of aryl methyl sites for hydroxylation is 1. The fourth-order valence-electron chi connectivity index (χ4n) is 1.63. The summed E-state index contributed by atoms with van der Waals surface area (Å²) in [5.74, 6) is 1.43. The lowest BCUT2D eigenvalue weighted by Crippen LogP contribution is -2.04. The molecule has 5 nitrogen and oxygen atoms in total. The summed E-state index contributed by atoms with van der Waals surface area (Å²) in [6.07, 6.45) is 6.40. The van der Waals surface area contributed by atoms with Gasteiger partial charge in [-0.25, -0.2) is 4.98 Å². The van der Waals surface area contributed by atoms with Gasteiger partial charge < -0.3 is 19.8 Å². The number of rotatable bonds is 6. The first kappa shape index (κ1) is 12.3. The van der Waals surface area contributed by atoms with E-state index in [1.54, 1.807) is 25.7 Å². The minimum absolute atomic E-state index is 0.594. The lowest BCUT2D eigenvalue weighted by molar-refractivity contribution is 0.302. The lowest BCUT2D eigenvalue weighted by Gasteiger charge is -2.10. The molecule has 0 radical (unpaired) electrons. The largest absolute Gasteiger partial charge is 0.497 e. The minimum Gasteiger partial charge on any atom is -0.497 e. The molecule has 0 aliphatic heterocycles. The molecule has 0 atom stereocenters. The number of nitrogen functional groups attached to an aromatic ring is 1. The fourth-order valence-corrected chi connectivity index (χ4v) is 1.63. The van der Waals surface area contributed by atoms with Crippen LogP contribution in [0.4, 0.5) is 5.69 Å². The van der Waals surface area contributed by atoms with Crippen molar-refractivity contribution < 1.29 is 9.47 Å². The minimum atomic E-state index is 0.594. The molecule has 2 aromatic rings. The molecule has 0 aliphatic carbocycles. The summed E-state index contributed by atoms with van der Waals surface area (Å²) in [6, 6.07) is 5.41. The molecule has 96 valence electrons. The van der Waals surface area contributed by atoms with Crippen molar-refractivity contribution in [2.75, 3.05) is 19.5 Å². The van der Waals surface area contributed by atoms with E-state index in [4.69, 9.17) is 15.2 Å². The molecule has 1 aromatic carbocycles. The van der Waals surface area contributed by atoms with Crippen LogP contribution in [-0.2, 0) is 6.54 Å². The van der Waals surface area contributed by atoms with Gasteiger partial charge in [-0.1, -0.05) is 0 Å². The van der Waals surface area contributed by atoms with Gasteiger partial charge in [-0.15, -0.1) is 0 Å². The molecule has 0 aliphatic rings. The molecule has 18 heavy (non-hydrogen) atoms. The quantitative estimate of drug-likeness (QED) is 0.626. The summed E-state index contributed by atoms with van der Waals surface area (Å²) in [5, 5.41) is 0. The molecule has 2 N–H and O–H groups in total. The first-order valence-corrected chi connectivity index (χ1v) is 5.81. The van der Waals surface area contributed by atoms with E-state index in [-0.39, 0.29) is 0 Å². The molecule has 2 rings (SSSR count). The van der Waals surface area contributed by atoms with Crippen LogP contribution in [0.15, 0.2) is 36.9 Å². The van der Waals surface area contributed by atoms with Crippen molar-refractivity contribution in [2.24, 2.45) is 0 Å². The Hall–Kier alpha value is -2.17. The molecule has 1 aromatic heterocycles. The summed E-state index contributed by atoms with van der Waals surface area (Å²) in [7, 11) is 1.61. The van der Waals surface area contributed by atoms with Crippen LogP contribution in [0, 0.1) is 0 Å². The number of hydrogen-bond donors (Lipinski definition) is 1. The number of nitrogens with zero attached hydrogens (tertiary/aromatic N) is 2. The third-order valence-electron chi connectivity index (χ3n) is 2.59. The zero-order valence-corrected chi connectivity index (χ0v) is 10.4. The third kappa shape index (κ3) is 3.16. The molecule has 0 unspecified atom stereocenters. The van der Waals surface area contributed by atoms with Crippen LogP contribution in [0.1, 0.15) is 6.42 Å². The molecular weight excluding hydrogens is 230 g/mol. The average Bonchev–Trinajstić information content (AvgIpc) is 2.89. The second-order valence-electron chi connectivity index (χ2n) is 3.91. The number of methoxy groups -OCH3 is 1. The number of anilines is 1. The standard InChI is InChI=1S/C13H17N3O2/c1-17-11-3-4-13(12(14)9-11)18-8-2-6-16-7-5-15-10-16/h3-5,7,9-10H,2,6,8,14H2,1H3. The Balaban J connectivity index is 1.79. The number of aromatic nitrogens is 2. The molecule has 0 saturated carbocycles. The first-order chi connectivity index (χ1) is 8.79. The number of imidazole rings is 1. The van der Waals surface area contributed by atoms with E-state index >= 15 is 0 Å². The van der Waals surface area contributed by atoms with Crippen molar-refractivity contribution in [2.45, 2.75) is 13.0 Å². The number of benzene rings is 1. The van der Waals surface area contributed by atoms with Gasteiger partial charge in [0.1, 0.15) is 11.5 Å². The predicted molar refractivity (Wildman–Crippen MR) is 69.7 cm³/mol. The molecule has 0 spiro atoms.